The van der Waals surface area contributed by atoms with Crippen LogP contribution in [0.5, 0.6) is 0 Å². The van der Waals surface area contributed by atoms with Crippen LogP contribution in [0, 0.1) is 20.8 Å². The molecule has 4 nitrogen and oxygen atoms in total. The molecule has 0 aliphatic carbocycles. The van der Waals surface area contributed by atoms with E-state index in [1.54, 1.807) is 15.9 Å². The summed E-state index contributed by atoms with van der Waals surface area (Å²) in [7, 11) is 0. The Morgan fingerprint density at radius 3 is 2.56 bits per heavy atom. The summed E-state index contributed by atoms with van der Waals surface area (Å²) in [6.07, 6.45) is 0. The van der Waals surface area contributed by atoms with Crippen LogP contribution in [0.1, 0.15) is 16.0 Å². The zero-order valence-corrected chi connectivity index (χ0v) is 11.8. The van der Waals surface area contributed by atoms with Crippen molar-refractivity contribution in [2.24, 2.45) is 0 Å². The third-order valence-electron chi connectivity index (χ3n) is 3.00. The summed E-state index contributed by atoms with van der Waals surface area (Å²) in [5, 5.41) is 13.3. The molecule has 3 heterocycles. The molecule has 0 atom stereocenters. The molecule has 0 aromatic carbocycles. The van der Waals surface area contributed by atoms with Crippen molar-refractivity contribution in [3.63, 3.8) is 0 Å². The third kappa shape index (κ3) is 1.62. The second kappa shape index (κ2) is 4.03. The quantitative estimate of drug-likeness (QED) is 0.685. The zero-order chi connectivity index (χ0) is 12.9. The minimum absolute atomic E-state index is 0.495. The number of nitrogens with zero attached hydrogens (tertiary/aromatic N) is 4. The van der Waals surface area contributed by atoms with Crippen LogP contribution in [-0.2, 0) is 0 Å². The number of aryl methyl sites for hydroxylation is 2. The summed E-state index contributed by atoms with van der Waals surface area (Å²) >= 11 is 7.80. The predicted molar refractivity (Wildman–Crippen MR) is 73.3 cm³/mol. The maximum absolute atomic E-state index is 6.13. The van der Waals surface area contributed by atoms with Gasteiger partial charge in [0.2, 0.25) is 0 Å². The van der Waals surface area contributed by atoms with Crippen molar-refractivity contribution in [3.05, 3.63) is 33.3 Å². The molecule has 0 saturated heterocycles. The van der Waals surface area contributed by atoms with Crippen molar-refractivity contribution in [2.45, 2.75) is 20.8 Å². The second-order valence-corrected chi connectivity index (χ2v) is 5.86. The second-order valence-electron chi connectivity index (χ2n) is 4.21. The van der Waals surface area contributed by atoms with Crippen LogP contribution in [0.2, 0.25) is 5.15 Å². The summed E-state index contributed by atoms with van der Waals surface area (Å²) in [4.78, 5) is 2.28. The normalized spacial score (nSPS) is 11.3. The Morgan fingerprint density at radius 2 is 1.89 bits per heavy atom. The molecule has 0 bridgehead atoms. The van der Waals surface area contributed by atoms with Gasteiger partial charge in [0.25, 0.3) is 0 Å². The summed E-state index contributed by atoms with van der Waals surface area (Å²) < 4.78 is 1.72. The van der Waals surface area contributed by atoms with Crippen molar-refractivity contribution in [3.8, 4) is 10.7 Å². The van der Waals surface area contributed by atoms with Crippen LogP contribution in [0.3, 0.4) is 0 Å². The van der Waals surface area contributed by atoms with E-state index >= 15 is 0 Å². The Morgan fingerprint density at radius 1 is 1.11 bits per heavy atom. The molecule has 0 aliphatic rings. The van der Waals surface area contributed by atoms with E-state index in [9.17, 15) is 0 Å². The number of hydrogen-bond acceptors (Lipinski definition) is 4. The Kier molecular flexibility index (Phi) is 2.60. The fraction of sp³-hybridized carbons (Fsp3) is 0.250. The summed E-state index contributed by atoms with van der Waals surface area (Å²) in [6.45, 7) is 5.98. The standard InChI is InChI=1S/C12H11ClN4S/c1-6-4-5-9(18-6)12-15-14-11-8(3)7(2)10(13)16-17(11)12/h4-5H,1-3H3. The fourth-order valence-corrected chi connectivity index (χ4v) is 2.86. The van der Waals surface area contributed by atoms with Crippen LogP contribution in [0.4, 0.5) is 0 Å². The highest BCUT2D eigenvalue weighted by Gasteiger charge is 2.15. The molecule has 3 aromatic heterocycles. The smallest absolute Gasteiger partial charge is 0.190 e. The van der Waals surface area contributed by atoms with Crippen molar-refractivity contribution >= 4 is 28.6 Å². The van der Waals surface area contributed by atoms with Gasteiger partial charge in [0.15, 0.2) is 16.6 Å². The Labute approximate surface area is 113 Å². The molecule has 0 unspecified atom stereocenters. The van der Waals surface area contributed by atoms with E-state index in [4.69, 9.17) is 11.6 Å². The summed E-state index contributed by atoms with van der Waals surface area (Å²) in [5.74, 6) is 0.744. The first-order valence-electron chi connectivity index (χ1n) is 5.53. The highest BCUT2D eigenvalue weighted by Crippen LogP contribution is 2.28. The third-order valence-corrected chi connectivity index (χ3v) is 4.35. The SMILES string of the molecule is Cc1ccc(-c2nnc3c(C)c(C)c(Cl)nn23)s1. The molecule has 0 spiro atoms. The predicted octanol–water partition coefficient (Wildman–Crippen LogP) is 3.43. The van der Waals surface area contributed by atoms with E-state index in [2.05, 4.69) is 28.3 Å². The first-order valence-corrected chi connectivity index (χ1v) is 6.72. The number of halogens is 1. The monoisotopic (exact) mass is 278 g/mol. The largest absolute Gasteiger partial charge is 0.195 e. The molecule has 0 N–H and O–H groups in total. The average Bonchev–Trinajstić information content (AvgIpc) is 2.92. The van der Waals surface area contributed by atoms with Crippen LogP contribution in [-0.4, -0.2) is 19.8 Å². The molecule has 0 saturated carbocycles. The molecule has 92 valence electrons. The van der Waals surface area contributed by atoms with E-state index in [1.165, 1.54) is 4.88 Å². The van der Waals surface area contributed by atoms with Gasteiger partial charge in [-0.15, -0.1) is 21.5 Å². The molecule has 0 radical (unpaired) electrons. The lowest BCUT2D eigenvalue weighted by Crippen LogP contribution is -1.99. The van der Waals surface area contributed by atoms with Crippen molar-refractivity contribution in [2.75, 3.05) is 0 Å². The van der Waals surface area contributed by atoms with E-state index < -0.39 is 0 Å². The maximum Gasteiger partial charge on any atom is 0.195 e. The van der Waals surface area contributed by atoms with Crippen molar-refractivity contribution < 1.29 is 0 Å². The molecule has 18 heavy (non-hydrogen) atoms. The summed E-state index contributed by atoms with van der Waals surface area (Å²) in [5.41, 5.74) is 2.73. The van der Waals surface area contributed by atoms with E-state index in [0.717, 1.165) is 27.5 Å². The van der Waals surface area contributed by atoms with Crippen LogP contribution in [0.25, 0.3) is 16.3 Å². The van der Waals surface area contributed by atoms with Gasteiger partial charge < -0.3 is 0 Å². The Bertz CT molecular complexity index is 744. The van der Waals surface area contributed by atoms with Crippen molar-refractivity contribution in [1.82, 2.24) is 19.8 Å². The first-order chi connectivity index (χ1) is 8.58. The lowest BCUT2D eigenvalue weighted by Gasteiger charge is -2.04. The van der Waals surface area contributed by atoms with Gasteiger partial charge in [-0.2, -0.15) is 9.61 Å². The van der Waals surface area contributed by atoms with Crippen LogP contribution in [0.15, 0.2) is 12.1 Å². The average molecular weight is 279 g/mol. The number of thiophene rings is 1. The number of fused-ring (bicyclic) bond motifs is 1. The number of aromatic nitrogens is 4. The number of rotatable bonds is 1. The van der Waals surface area contributed by atoms with Gasteiger partial charge in [-0.1, -0.05) is 11.6 Å². The molecule has 0 amide bonds. The molecule has 3 rings (SSSR count). The Hall–Kier alpha value is -1.46. The van der Waals surface area contributed by atoms with Gasteiger partial charge in [0.05, 0.1) is 4.88 Å². The van der Waals surface area contributed by atoms with E-state index in [-0.39, 0.29) is 0 Å². The Balaban J connectivity index is 2.33. The van der Waals surface area contributed by atoms with Gasteiger partial charge in [-0.05, 0) is 38.5 Å². The lowest BCUT2D eigenvalue weighted by molar-refractivity contribution is 0.921. The fourth-order valence-electron chi connectivity index (χ4n) is 1.80. The topological polar surface area (TPSA) is 43.1 Å². The molecule has 6 heteroatoms. The minimum atomic E-state index is 0.495. The van der Waals surface area contributed by atoms with Gasteiger partial charge in [0, 0.05) is 10.4 Å². The van der Waals surface area contributed by atoms with Gasteiger partial charge in [0.1, 0.15) is 0 Å². The molecule has 3 aromatic rings. The lowest BCUT2D eigenvalue weighted by atomic mass is 10.2. The molecule has 0 aliphatic heterocycles. The minimum Gasteiger partial charge on any atom is -0.190 e. The van der Waals surface area contributed by atoms with Crippen LogP contribution >= 0.6 is 22.9 Å². The number of hydrogen-bond donors (Lipinski definition) is 0. The first kappa shape index (κ1) is 11.6. The van der Waals surface area contributed by atoms with Gasteiger partial charge in [-0.3, -0.25) is 0 Å². The van der Waals surface area contributed by atoms with Crippen molar-refractivity contribution in [1.29, 1.82) is 0 Å². The van der Waals surface area contributed by atoms with Gasteiger partial charge in [-0.25, -0.2) is 0 Å². The summed E-state index contributed by atoms with van der Waals surface area (Å²) in [6, 6.07) is 4.09. The zero-order valence-electron chi connectivity index (χ0n) is 10.2. The molecule has 0 fully saturated rings. The van der Waals surface area contributed by atoms with E-state index in [0.29, 0.717) is 5.15 Å². The van der Waals surface area contributed by atoms with E-state index in [1.807, 2.05) is 19.9 Å². The van der Waals surface area contributed by atoms with Crippen LogP contribution < -0.4 is 0 Å². The van der Waals surface area contributed by atoms with Gasteiger partial charge >= 0.3 is 0 Å². The highest BCUT2D eigenvalue weighted by atomic mass is 35.5. The maximum atomic E-state index is 6.13. The highest BCUT2D eigenvalue weighted by molar-refractivity contribution is 7.15. The molecular formula is C12H11ClN4S. The molecular weight excluding hydrogens is 268 g/mol.